The van der Waals surface area contributed by atoms with Gasteiger partial charge in [0.1, 0.15) is 12.9 Å². The molecule has 1 aliphatic rings. The normalized spacial score (nSPS) is 14.2. The molecular formula is C13H16N6O. The van der Waals surface area contributed by atoms with E-state index in [-0.39, 0.29) is 12.5 Å². The number of tetrazole rings is 1. The Kier molecular flexibility index (Phi) is 3.32. The Labute approximate surface area is 116 Å². The van der Waals surface area contributed by atoms with Crippen molar-refractivity contribution in [1.29, 1.82) is 0 Å². The third-order valence-electron chi connectivity index (χ3n) is 3.48. The van der Waals surface area contributed by atoms with E-state index in [1.165, 1.54) is 11.0 Å². The van der Waals surface area contributed by atoms with Gasteiger partial charge in [-0.3, -0.25) is 4.79 Å². The van der Waals surface area contributed by atoms with E-state index in [4.69, 9.17) is 0 Å². The Morgan fingerprint density at radius 2 is 2.05 bits per heavy atom. The summed E-state index contributed by atoms with van der Waals surface area (Å²) < 4.78 is 1.44. The highest BCUT2D eigenvalue weighted by atomic mass is 16.2. The largest absolute Gasteiger partial charge is 0.368 e. The van der Waals surface area contributed by atoms with Crippen LogP contribution in [0, 0.1) is 0 Å². The van der Waals surface area contributed by atoms with Gasteiger partial charge in [0.2, 0.25) is 5.91 Å². The van der Waals surface area contributed by atoms with E-state index in [1.807, 2.05) is 23.1 Å². The first-order valence-corrected chi connectivity index (χ1v) is 6.64. The number of benzene rings is 1. The van der Waals surface area contributed by atoms with Crippen LogP contribution in [-0.4, -0.2) is 45.7 Å². The Balaban J connectivity index is 1.86. The summed E-state index contributed by atoms with van der Waals surface area (Å²) in [7, 11) is 0. The van der Waals surface area contributed by atoms with Crippen molar-refractivity contribution in [3.05, 3.63) is 30.6 Å². The second-order valence-electron chi connectivity index (χ2n) is 4.62. The predicted octanol–water partition coefficient (Wildman–Crippen LogP) is 0.546. The summed E-state index contributed by atoms with van der Waals surface area (Å²) in [6.45, 7) is 4.75. The number of amides is 1. The molecule has 0 fully saturated rings. The van der Waals surface area contributed by atoms with Crippen molar-refractivity contribution < 1.29 is 4.79 Å². The first kappa shape index (κ1) is 12.6. The zero-order chi connectivity index (χ0) is 13.9. The minimum atomic E-state index is 0.000466. The summed E-state index contributed by atoms with van der Waals surface area (Å²) in [6, 6.07) is 7.98. The fourth-order valence-electron chi connectivity index (χ4n) is 2.49. The van der Waals surface area contributed by atoms with Crippen LogP contribution in [0.15, 0.2) is 30.6 Å². The molecule has 0 N–H and O–H groups in total. The summed E-state index contributed by atoms with van der Waals surface area (Å²) in [5, 5.41) is 10.8. The van der Waals surface area contributed by atoms with Gasteiger partial charge in [-0.05, 0) is 29.5 Å². The smallest absolute Gasteiger partial charge is 0.248 e. The number of rotatable bonds is 3. The zero-order valence-electron chi connectivity index (χ0n) is 11.3. The fraction of sp³-hybridized carbons (Fsp3) is 0.385. The van der Waals surface area contributed by atoms with Crippen LogP contribution in [0.4, 0.5) is 11.4 Å². The summed E-state index contributed by atoms with van der Waals surface area (Å²) in [4.78, 5) is 16.5. The first-order chi connectivity index (χ1) is 9.79. The molecule has 3 rings (SSSR count). The van der Waals surface area contributed by atoms with Crippen LogP contribution in [0.5, 0.6) is 0 Å². The maximum atomic E-state index is 12.4. The molecule has 20 heavy (non-hydrogen) atoms. The molecule has 0 spiro atoms. The number of hydrogen-bond acceptors (Lipinski definition) is 5. The molecule has 2 aromatic rings. The maximum absolute atomic E-state index is 12.4. The maximum Gasteiger partial charge on any atom is 0.248 e. The van der Waals surface area contributed by atoms with Crippen LogP contribution < -0.4 is 9.80 Å². The molecule has 1 aromatic carbocycles. The summed E-state index contributed by atoms with van der Waals surface area (Å²) in [5.74, 6) is 0.000466. The van der Waals surface area contributed by atoms with Gasteiger partial charge >= 0.3 is 0 Å². The number of likely N-dealkylation sites (N-methyl/N-ethyl adjacent to an activating group) is 1. The lowest BCUT2D eigenvalue weighted by atomic mass is 10.1. The van der Waals surface area contributed by atoms with E-state index in [0.29, 0.717) is 6.54 Å². The third kappa shape index (κ3) is 2.22. The van der Waals surface area contributed by atoms with Crippen molar-refractivity contribution in [1.82, 2.24) is 20.2 Å². The second-order valence-corrected chi connectivity index (χ2v) is 4.62. The highest BCUT2D eigenvalue weighted by Crippen LogP contribution is 2.32. The van der Waals surface area contributed by atoms with Gasteiger partial charge in [-0.25, -0.2) is 4.68 Å². The zero-order valence-corrected chi connectivity index (χ0v) is 11.3. The van der Waals surface area contributed by atoms with Gasteiger partial charge < -0.3 is 9.80 Å². The summed E-state index contributed by atoms with van der Waals surface area (Å²) in [6.07, 6.45) is 1.45. The van der Waals surface area contributed by atoms with E-state index in [2.05, 4.69) is 33.4 Å². The number of anilines is 2. The Morgan fingerprint density at radius 3 is 2.75 bits per heavy atom. The average Bonchev–Trinajstić information content (AvgIpc) is 2.99. The highest BCUT2D eigenvalue weighted by molar-refractivity contribution is 5.97. The van der Waals surface area contributed by atoms with Gasteiger partial charge in [0.25, 0.3) is 0 Å². The molecule has 1 aliphatic heterocycles. The monoisotopic (exact) mass is 272 g/mol. The Hall–Kier alpha value is -2.44. The number of hydrogen-bond donors (Lipinski definition) is 0. The predicted molar refractivity (Wildman–Crippen MR) is 74.5 cm³/mol. The van der Waals surface area contributed by atoms with Crippen LogP contribution in [0.25, 0.3) is 0 Å². The highest BCUT2D eigenvalue weighted by Gasteiger charge is 2.25. The average molecular weight is 272 g/mol. The van der Waals surface area contributed by atoms with E-state index >= 15 is 0 Å². The molecule has 7 heteroatoms. The molecule has 0 unspecified atom stereocenters. The van der Waals surface area contributed by atoms with Crippen molar-refractivity contribution in [3.8, 4) is 0 Å². The molecular weight excluding hydrogens is 256 g/mol. The van der Waals surface area contributed by atoms with Crippen molar-refractivity contribution >= 4 is 17.3 Å². The standard InChI is InChI=1S/C13H16N6O/c1-2-17-7-8-19(12-6-4-3-5-11(12)17)13(20)9-18-10-14-15-16-18/h3-6,10H,2,7-9H2,1H3. The summed E-state index contributed by atoms with van der Waals surface area (Å²) in [5.41, 5.74) is 2.06. The third-order valence-corrected chi connectivity index (χ3v) is 3.48. The van der Waals surface area contributed by atoms with Crippen LogP contribution in [0.3, 0.4) is 0 Å². The van der Waals surface area contributed by atoms with Gasteiger partial charge in [0, 0.05) is 19.6 Å². The number of nitrogens with zero attached hydrogens (tertiary/aromatic N) is 6. The molecule has 0 bridgehead atoms. The SMILES string of the molecule is CCN1CCN(C(=O)Cn2cnnn2)c2ccccc21. The van der Waals surface area contributed by atoms with E-state index in [1.54, 1.807) is 0 Å². The number of carbonyl (C=O) groups excluding carboxylic acids is 1. The molecule has 0 aliphatic carbocycles. The minimum Gasteiger partial charge on any atom is -0.368 e. The number of fused-ring (bicyclic) bond motifs is 1. The molecule has 0 saturated carbocycles. The van der Waals surface area contributed by atoms with Gasteiger partial charge in [-0.15, -0.1) is 5.10 Å². The van der Waals surface area contributed by atoms with Crippen LogP contribution in [-0.2, 0) is 11.3 Å². The molecule has 2 heterocycles. The number of carbonyl (C=O) groups is 1. The van der Waals surface area contributed by atoms with E-state index in [0.717, 1.165) is 24.5 Å². The minimum absolute atomic E-state index is 0.000466. The molecule has 104 valence electrons. The number of para-hydroxylation sites is 2. The van der Waals surface area contributed by atoms with Crippen molar-refractivity contribution in [2.75, 3.05) is 29.4 Å². The molecule has 1 amide bonds. The molecule has 0 radical (unpaired) electrons. The lowest BCUT2D eigenvalue weighted by Crippen LogP contribution is -2.45. The lowest BCUT2D eigenvalue weighted by Gasteiger charge is -2.37. The lowest BCUT2D eigenvalue weighted by molar-refractivity contribution is -0.119. The Bertz CT molecular complexity index is 597. The fourth-order valence-corrected chi connectivity index (χ4v) is 2.49. The van der Waals surface area contributed by atoms with Crippen LogP contribution >= 0.6 is 0 Å². The van der Waals surface area contributed by atoms with Crippen molar-refractivity contribution in [2.24, 2.45) is 0 Å². The first-order valence-electron chi connectivity index (χ1n) is 6.64. The molecule has 0 atom stereocenters. The van der Waals surface area contributed by atoms with Crippen molar-refractivity contribution in [3.63, 3.8) is 0 Å². The molecule has 7 nitrogen and oxygen atoms in total. The van der Waals surface area contributed by atoms with E-state index < -0.39 is 0 Å². The van der Waals surface area contributed by atoms with Gasteiger partial charge in [0.15, 0.2) is 0 Å². The quantitative estimate of drug-likeness (QED) is 0.816. The van der Waals surface area contributed by atoms with Gasteiger partial charge in [0.05, 0.1) is 11.4 Å². The molecule has 1 aromatic heterocycles. The van der Waals surface area contributed by atoms with E-state index in [9.17, 15) is 4.79 Å². The second kappa shape index (κ2) is 5.28. The van der Waals surface area contributed by atoms with Gasteiger partial charge in [-0.1, -0.05) is 12.1 Å². The number of aromatic nitrogens is 4. The Morgan fingerprint density at radius 1 is 1.25 bits per heavy atom. The van der Waals surface area contributed by atoms with Gasteiger partial charge in [-0.2, -0.15) is 0 Å². The van der Waals surface area contributed by atoms with Crippen LogP contribution in [0.1, 0.15) is 6.92 Å². The van der Waals surface area contributed by atoms with Crippen LogP contribution in [0.2, 0.25) is 0 Å². The molecule has 0 saturated heterocycles. The topological polar surface area (TPSA) is 67.2 Å². The van der Waals surface area contributed by atoms with Crippen molar-refractivity contribution in [2.45, 2.75) is 13.5 Å². The summed E-state index contributed by atoms with van der Waals surface area (Å²) >= 11 is 0.